The molecule has 0 amide bonds. The van der Waals surface area contributed by atoms with Gasteiger partial charge < -0.3 is 10.6 Å². The van der Waals surface area contributed by atoms with Crippen molar-refractivity contribution in [1.82, 2.24) is 4.90 Å². The number of rotatable bonds is 2. The Morgan fingerprint density at radius 3 is 2.00 bits per heavy atom. The number of hydrogen-bond acceptors (Lipinski definition) is 1. The summed E-state index contributed by atoms with van der Waals surface area (Å²) in [6, 6.07) is 0. The summed E-state index contributed by atoms with van der Waals surface area (Å²) in [6.07, 6.45) is 0. The van der Waals surface area contributed by atoms with Gasteiger partial charge in [-0.3, -0.25) is 0 Å². The summed E-state index contributed by atoms with van der Waals surface area (Å²) in [5.41, 5.74) is 6.73. The minimum absolute atomic E-state index is 0.106. The van der Waals surface area contributed by atoms with Crippen LogP contribution in [0.1, 0.15) is 0 Å². The Kier molecular flexibility index (Phi) is 8.21. The van der Waals surface area contributed by atoms with Crippen molar-refractivity contribution < 1.29 is 15.9 Å². The molecule has 0 spiro atoms. The first kappa shape index (κ1) is 10.2. The van der Waals surface area contributed by atoms with Crippen molar-refractivity contribution in [2.45, 2.75) is 0 Å². The molecule has 1 aliphatic rings. The molecule has 1 fully saturated rings. The van der Waals surface area contributed by atoms with Crippen LogP contribution in [-0.4, -0.2) is 31.1 Å². The van der Waals surface area contributed by atoms with Gasteiger partial charge in [-0.15, -0.1) is 6.54 Å². The van der Waals surface area contributed by atoms with Crippen molar-refractivity contribution in [3.8, 4) is 0 Å². The maximum atomic E-state index is 6.73. The fourth-order valence-electron chi connectivity index (χ4n) is 0.452. The zero-order valence-electron chi connectivity index (χ0n) is 4.85. The average Bonchev–Trinajstić information content (AvgIpc) is 2.53. The molecule has 0 atom stereocenters. The van der Waals surface area contributed by atoms with Crippen LogP contribution in [0.4, 0.5) is 0 Å². The molecule has 0 aromatic heterocycles. The third kappa shape index (κ3) is 9.16. The van der Waals surface area contributed by atoms with Crippen molar-refractivity contribution in [3.05, 3.63) is 5.73 Å². The van der Waals surface area contributed by atoms with E-state index < -0.39 is 0 Å². The maximum Gasteiger partial charge on any atom is 0.0109 e. The van der Waals surface area contributed by atoms with E-state index in [1.807, 2.05) is 0 Å². The average molecular weight is 262 g/mol. The van der Waals surface area contributed by atoms with E-state index in [4.69, 9.17) is 24.8 Å². The fourth-order valence-corrected chi connectivity index (χ4v) is 0.452. The topological polar surface area (TPSA) is 26.8 Å². The molecule has 0 radical (unpaired) electrons. The van der Waals surface area contributed by atoms with Crippen LogP contribution in [0.5, 0.6) is 0 Å². The Bertz CT molecular complexity index is 60.5. The Morgan fingerprint density at radius 1 is 1.44 bits per heavy atom. The minimum atomic E-state index is -0.106. The number of nitrogens with zero attached hydrogens (tertiary/aromatic N) is 1. The summed E-state index contributed by atoms with van der Waals surface area (Å²) < 4.78 is 0. The smallest absolute Gasteiger partial charge is 0.0109 e. The molecule has 1 heterocycles. The predicted molar refractivity (Wildman–Crippen MR) is 37.3 cm³/mol. The number of hydrogen-bond donors (Lipinski definition) is 0. The third-order valence-electron chi connectivity index (χ3n) is 0.968. The normalized spacial score (nSPS) is 16.8. The maximum absolute atomic E-state index is 6.73. The first-order valence-corrected chi connectivity index (χ1v) is 6.54. The Balaban J connectivity index is 0.000000187. The largest absolute Gasteiger partial charge is 0.676 e. The first-order chi connectivity index (χ1) is 4.35. The van der Waals surface area contributed by atoms with E-state index in [0.29, 0.717) is 6.54 Å². The van der Waals surface area contributed by atoms with Gasteiger partial charge in [-0.2, -0.15) is 0 Å². The van der Waals surface area contributed by atoms with E-state index in [9.17, 15) is 0 Å². The zero-order chi connectivity index (χ0) is 7.11. The van der Waals surface area contributed by atoms with Gasteiger partial charge in [0.1, 0.15) is 0 Å². The van der Waals surface area contributed by atoms with E-state index in [-0.39, 0.29) is 15.9 Å². The summed E-state index contributed by atoms with van der Waals surface area (Å²) in [7, 11) is 9.63. The van der Waals surface area contributed by atoms with Crippen molar-refractivity contribution >= 4 is 19.1 Å². The van der Waals surface area contributed by atoms with Crippen LogP contribution >= 0.6 is 19.1 Å². The molecule has 1 aliphatic heterocycles. The Labute approximate surface area is 71.8 Å². The van der Waals surface area contributed by atoms with Gasteiger partial charge in [0.25, 0.3) is 0 Å². The van der Waals surface area contributed by atoms with E-state index in [2.05, 4.69) is 4.90 Å². The first-order valence-electron chi connectivity index (χ1n) is 2.54. The monoisotopic (exact) mass is 261 g/mol. The summed E-state index contributed by atoms with van der Waals surface area (Å²) in [4.78, 5) is 2.24. The number of halogens is 2. The van der Waals surface area contributed by atoms with Crippen LogP contribution in [0.25, 0.3) is 5.73 Å². The molecular formula is C4H9Cl2N2Pd-. The molecule has 0 aromatic rings. The molecule has 1 rings (SSSR count). The molecule has 9 heavy (non-hydrogen) atoms. The van der Waals surface area contributed by atoms with Crippen molar-refractivity contribution in [3.63, 3.8) is 0 Å². The van der Waals surface area contributed by atoms with Crippen LogP contribution < -0.4 is 0 Å². The van der Waals surface area contributed by atoms with Gasteiger partial charge in [0.15, 0.2) is 0 Å². The van der Waals surface area contributed by atoms with E-state index in [1.54, 1.807) is 0 Å². The third-order valence-corrected chi connectivity index (χ3v) is 0.968. The Morgan fingerprint density at radius 2 is 1.89 bits per heavy atom. The van der Waals surface area contributed by atoms with Gasteiger partial charge in [0, 0.05) is 13.1 Å². The SMILES string of the molecule is [Cl][Pd][Cl].[NH-]CCN1CC1. The van der Waals surface area contributed by atoms with Crippen LogP contribution in [0.15, 0.2) is 0 Å². The van der Waals surface area contributed by atoms with Gasteiger partial charge in [0.2, 0.25) is 0 Å². The summed E-state index contributed by atoms with van der Waals surface area (Å²) >= 11 is -0.106. The molecule has 0 bridgehead atoms. The second-order valence-corrected chi connectivity index (χ2v) is 4.00. The van der Waals surface area contributed by atoms with E-state index in [0.717, 1.165) is 6.54 Å². The zero-order valence-corrected chi connectivity index (χ0v) is 7.91. The van der Waals surface area contributed by atoms with Crippen LogP contribution in [0, 0.1) is 0 Å². The molecule has 60 valence electrons. The van der Waals surface area contributed by atoms with Gasteiger partial charge in [-0.05, 0) is 6.54 Å². The van der Waals surface area contributed by atoms with Crippen LogP contribution in [-0.2, 0) is 15.9 Å². The predicted octanol–water partition coefficient (Wildman–Crippen LogP) is 1.73. The molecule has 0 unspecified atom stereocenters. The molecular weight excluding hydrogens is 253 g/mol. The van der Waals surface area contributed by atoms with Crippen molar-refractivity contribution in [1.29, 1.82) is 0 Å². The molecule has 0 aromatic carbocycles. The molecule has 0 saturated carbocycles. The summed E-state index contributed by atoms with van der Waals surface area (Å²) in [6.45, 7) is 4.03. The van der Waals surface area contributed by atoms with Gasteiger partial charge >= 0.3 is 35.0 Å². The van der Waals surface area contributed by atoms with Gasteiger partial charge in [0.05, 0.1) is 0 Å². The molecule has 0 aliphatic carbocycles. The molecule has 1 N–H and O–H groups in total. The standard InChI is InChI=1S/C4H9N2.2ClH.Pd/c5-1-2-6-3-4-6;;;/h5H,1-4H2;2*1H;/q-1;;;+2/p-2. The van der Waals surface area contributed by atoms with E-state index >= 15 is 0 Å². The van der Waals surface area contributed by atoms with Gasteiger partial charge in [-0.25, -0.2) is 0 Å². The van der Waals surface area contributed by atoms with Crippen LogP contribution in [0.2, 0.25) is 0 Å². The van der Waals surface area contributed by atoms with Crippen LogP contribution in [0.3, 0.4) is 0 Å². The second kappa shape index (κ2) is 7.27. The molecule has 5 heteroatoms. The van der Waals surface area contributed by atoms with Crippen molar-refractivity contribution in [2.75, 3.05) is 26.2 Å². The number of nitrogens with one attached hydrogen (secondary N) is 1. The van der Waals surface area contributed by atoms with Gasteiger partial charge in [-0.1, -0.05) is 0 Å². The minimum Gasteiger partial charge on any atom is -0.676 e. The quantitative estimate of drug-likeness (QED) is 0.550. The van der Waals surface area contributed by atoms with Crippen molar-refractivity contribution in [2.24, 2.45) is 0 Å². The molecule has 1 saturated heterocycles. The summed E-state index contributed by atoms with van der Waals surface area (Å²) in [5.74, 6) is 0. The second-order valence-electron chi connectivity index (χ2n) is 1.64. The molecule has 2 nitrogen and oxygen atoms in total. The van der Waals surface area contributed by atoms with E-state index in [1.165, 1.54) is 13.1 Å². The fraction of sp³-hybridized carbons (Fsp3) is 1.00. The Hall–Kier alpha value is 1.16. The summed E-state index contributed by atoms with van der Waals surface area (Å²) in [5, 5.41) is 0.